The van der Waals surface area contributed by atoms with E-state index in [4.69, 9.17) is 5.73 Å². The van der Waals surface area contributed by atoms with Crippen LogP contribution in [0.4, 0.5) is 0 Å². The van der Waals surface area contributed by atoms with Crippen LogP contribution in [0.3, 0.4) is 0 Å². The fourth-order valence-electron chi connectivity index (χ4n) is 3.77. The first kappa shape index (κ1) is 16.9. The summed E-state index contributed by atoms with van der Waals surface area (Å²) in [5.41, 5.74) is 6.08. The zero-order valence-electron chi connectivity index (χ0n) is 13.8. The average molecular weight is 337 g/mol. The van der Waals surface area contributed by atoms with E-state index >= 15 is 0 Å². The number of hydrogen-bond acceptors (Lipinski definition) is 5. The van der Waals surface area contributed by atoms with Gasteiger partial charge < -0.3 is 16.0 Å². The molecule has 2 aliphatic rings. The van der Waals surface area contributed by atoms with Crippen molar-refractivity contribution in [3.8, 4) is 0 Å². The molecule has 2 fully saturated rings. The minimum absolute atomic E-state index is 0.0272. The summed E-state index contributed by atoms with van der Waals surface area (Å²) in [5.74, 6) is -0.0272. The molecule has 23 heavy (non-hydrogen) atoms. The number of carbonyl (C=O) groups is 1. The van der Waals surface area contributed by atoms with Gasteiger partial charge in [-0.2, -0.15) is 0 Å². The molecule has 128 valence electrons. The number of carbonyl (C=O) groups excluding carboxylic acids is 1. The van der Waals surface area contributed by atoms with Gasteiger partial charge in [0.25, 0.3) is 5.91 Å². The minimum atomic E-state index is -0.0272. The molecule has 1 saturated carbocycles. The van der Waals surface area contributed by atoms with Crippen molar-refractivity contribution >= 4 is 17.2 Å². The quantitative estimate of drug-likeness (QED) is 0.864. The van der Waals surface area contributed by atoms with E-state index in [0.29, 0.717) is 18.3 Å². The lowest BCUT2D eigenvalue weighted by Crippen LogP contribution is -2.48. The third-order valence-electron chi connectivity index (χ3n) is 5.10. The molecule has 3 N–H and O–H groups in total. The number of rotatable bonds is 5. The number of thiazole rings is 1. The highest BCUT2D eigenvalue weighted by Gasteiger charge is 2.27. The molecule has 5 nitrogen and oxygen atoms in total. The Morgan fingerprint density at radius 2 is 2.00 bits per heavy atom. The van der Waals surface area contributed by atoms with Crippen LogP contribution in [0.15, 0.2) is 5.38 Å². The van der Waals surface area contributed by atoms with Crippen molar-refractivity contribution in [3.05, 3.63) is 16.1 Å². The highest BCUT2D eigenvalue weighted by molar-refractivity contribution is 7.09. The first-order valence-corrected chi connectivity index (χ1v) is 9.83. The van der Waals surface area contributed by atoms with E-state index in [-0.39, 0.29) is 5.91 Å². The van der Waals surface area contributed by atoms with E-state index in [0.717, 1.165) is 43.4 Å². The van der Waals surface area contributed by atoms with E-state index in [2.05, 4.69) is 15.2 Å². The van der Waals surface area contributed by atoms with Crippen LogP contribution < -0.4 is 11.1 Å². The van der Waals surface area contributed by atoms with Gasteiger partial charge in [0.15, 0.2) is 0 Å². The first-order valence-electron chi connectivity index (χ1n) is 8.95. The summed E-state index contributed by atoms with van der Waals surface area (Å²) in [5, 5.41) is 5.95. The van der Waals surface area contributed by atoms with Crippen molar-refractivity contribution < 1.29 is 4.79 Å². The van der Waals surface area contributed by atoms with Crippen molar-refractivity contribution in [1.29, 1.82) is 0 Å². The number of nitrogens with two attached hydrogens (primary N) is 1. The standard InChI is InChI=1S/C17H28N4OS/c18-9-6-16-20-15(12-23-16)17(22)19-13-7-10-21(11-8-13)14-4-2-1-3-5-14/h12-14H,1-11,18H2,(H,19,22). The Labute approximate surface area is 142 Å². The molecule has 0 atom stereocenters. The van der Waals surface area contributed by atoms with Gasteiger partial charge in [-0.15, -0.1) is 11.3 Å². The van der Waals surface area contributed by atoms with Gasteiger partial charge in [-0.05, 0) is 32.2 Å². The Hall–Kier alpha value is -0.980. The van der Waals surface area contributed by atoms with E-state index in [1.807, 2.05) is 5.38 Å². The van der Waals surface area contributed by atoms with Crippen LogP contribution in [-0.4, -0.2) is 47.5 Å². The number of piperidine rings is 1. The van der Waals surface area contributed by atoms with Crippen molar-refractivity contribution in [2.75, 3.05) is 19.6 Å². The van der Waals surface area contributed by atoms with Gasteiger partial charge in [0.2, 0.25) is 0 Å². The molecule has 1 aromatic rings. The van der Waals surface area contributed by atoms with Crippen molar-refractivity contribution in [2.24, 2.45) is 5.73 Å². The number of likely N-dealkylation sites (tertiary alicyclic amines) is 1. The summed E-state index contributed by atoms with van der Waals surface area (Å²) >= 11 is 1.52. The zero-order chi connectivity index (χ0) is 16.1. The van der Waals surface area contributed by atoms with Gasteiger partial charge in [0.05, 0.1) is 5.01 Å². The van der Waals surface area contributed by atoms with Crippen LogP contribution in [0.1, 0.15) is 60.4 Å². The van der Waals surface area contributed by atoms with Crippen LogP contribution in [0.2, 0.25) is 0 Å². The molecular weight excluding hydrogens is 308 g/mol. The maximum absolute atomic E-state index is 12.3. The molecule has 2 heterocycles. The van der Waals surface area contributed by atoms with E-state index in [9.17, 15) is 4.79 Å². The zero-order valence-corrected chi connectivity index (χ0v) is 14.6. The van der Waals surface area contributed by atoms with Gasteiger partial charge >= 0.3 is 0 Å². The lowest BCUT2D eigenvalue weighted by Gasteiger charge is -2.39. The Morgan fingerprint density at radius 3 is 2.70 bits per heavy atom. The minimum Gasteiger partial charge on any atom is -0.348 e. The van der Waals surface area contributed by atoms with Gasteiger partial charge in [-0.25, -0.2) is 4.98 Å². The Balaban J connectivity index is 1.45. The largest absolute Gasteiger partial charge is 0.348 e. The fourth-order valence-corrected chi connectivity index (χ4v) is 4.56. The monoisotopic (exact) mass is 336 g/mol. The summed E-state index contributed by atoms with van der Waals surface area (Å²) in [4.78, 5) is 19.3. The summed E-state index contributed by atoms with van der Waals surface area (Å²) in [6, 6.07) is 1.08. The number of nitrogens with zero attached hydrogens (tertiary/aromatic N) is 2. The van der Waals surface area contributed by atoms with E-state index in [1.54, 1.807) is 0 Å². The molecular formula is C17H28N4OS. The molecule has 1 aliphatic carbocycles. The van der Waals surface area contributed by atoms with Crippen LogP contribution in [0, 0.1) is 0 Å². The van der Waals surface area contributed by atoms with Crippen LogP contribution in [-0.2, 0) is 6.42 Å². The Kier molecular flexibility index (Phi) is 6.02. The molecule has 1 saturated heterocycles. The second-order valence-corrected chi connectivity index (χ2v) is 7.68. The SMILES string of the molecule is NCCc1nc(C(=O)NC2CCN(C3CCCCC3)CC2)cs1. The number of amides is 1. The normalized spacial score (nSPS) is 21.4. The van der Waals surface area contributed by atoms with Crippen molar-refractivity contribution in [3.63, 3.8) is 0 Å². The molecule has 1 aliphatic heterocycles. The molecule has 0 spiro atoms. The summed E-state index contributed by atoms with van der Waals surface area (Å²) < 4.78 is 0. The van der Waals surface area contributed by atoms with Crippen LogP contribution >= 0.6 is 11.3 Å². The third-order valence-corrected chi connectivity index (χ3v) is 6.01. The highest BCUT2D eigenvalue weighted by atomic mass is 32.1. The average Bonchev–Trinajstić information content (AvgIpc) is 3.06. The molecule has 3 rings (SSSR count). The fraction of sp³-hybridized carbons (Fsp3) is 0.765. The Bertz CT molecular complexity index is 504. The third kappa shape index (κ3) is 4.52. The molecule has 6 heteroatoms. The first-order chi connectivity index (χ1) is 11.3. The lowest BCUT2D eigenvalue weighted by molar-refractivity contribution is 0.0861. The molecule has 0 bridgehead atoms. The molecule has 0 aromatic carbocycles. The maximum Gasteiger partial charge on any atom is 0.270 e. The van der Waals surface area contributed by atoms with Gasteiger partial charge in [-0.3, -0.25) is 4.79 Å². The smallest absolute Gasteiger partial charge is 0.270 e. The predicted octanol–water partition coefficient (Wildman–Crippen LogP) is 2.17. The molecule has 0 radical (unpaired) electrons. The maximum atomic E-state index is 12.3. The van der Waals surface area contributed by atoms with E-state index in [1.165, 1.54) is 43.4 Å². The van der Waals surface area contributed by atoms with Crippen LogP contribution in [0.25, 0.3) is 0 Å². The topological polar surface area (TPSA) is 71.2 Å². The number of hydrogen-bond donors (Lipinski definition) is 2. The van der Waals surface area contributed by atoms with Gasteiger partial charge in [0, 0.05) is 37.0 Å². The van der Waals surface area contributed by atoms with Gasteiger partial charge in [0.1, 0.15) is 5.69 Å². The van der Waals surface area contributed by atoms with E-state index < -0.39 is 0 Å². The summed E-state index contributed by atoms with van der Waals surface area (Å²) in [6.07, 6.45) is 9.76. The Morgan fingerprint density at radius 1 is 1.26 bits per heavy atom. The van der Waals surface area contributed by atoms with Gasteiger partial charge in [-0.1, -0.05) is 19.3 Å². The predicted molar refractivity (Wildman–Crippen MR) is 93.8 cm³/mol. The number of aromatic nitrogens is 1. The molecule has 1 amide bonds. The lowest BCUT2D eigenvalue weighted by atomic mass is 9.92. The summed E-state index contributed by atoms with van der Waals surface area (Å²) in [6.45, 7) is 2.81. The second kappa shape index (κ2) is 8.22. The second-order valence-electron chi connectivity index (χ2n) is 6.74. The molecule has 1 aromatic heterocycles. The molecule has 0 unspecified atom stereocenters. The van der Waals surface area contributed by atoms with Crippen molar-refractivity contribution in [1.82, 2.24) is 15.2 Å². The van der Waals surface area contributed by atoms with Crippen molar-refractivity contribution in [2.45, 2.75) is 63.5 Å². The summed E-state index contributed by atoms with van der Waals surface area (Å²) in [7, 11) is 0. The number of nitrogens with one attached hydrogen (secondary N) is 1. The van der Waals surface area contributed by atoms with Crippen LogP contribution in [0.5, 0.6) is 0 Å². The highest BCUT2D eigenvalue weighted by Crippen LogP contribution is 2.25.